The number of carbonyl (C=O) groups excluding carboxylic acids is 1. The van der Waals surface area contributed by atoms with Gasteiger partial charge < -0.3 is 4.98 Å². The Morgan fingerprint density at radius 2 is 1.78 bits per heavy atom. The van der Waals surface area contributed by atoms with Crippen molar-refractivity contribution >= 4 is 50.0 Å². The number of benzene rings is 3. The van der Waals surface area contributed by atoms with Gasteiger partial charge in [-0.3, -0.25) is 9.52 Å². The molecule has 0 aliphatic carbocycles. The van der Waals surface area contributed by atoms with Crippen LogP contribution in [-0.4, -0.2) is 30.0 Å². The van der Waals surface area contributed by atoms with Gasteiger partial charge in [-0.05, 0) is 61.5 Å². The Labute approximate surface area is 189 Å². The highest BCUT2D eigenvalue weighted by Crippen LogP contribution is 2.19. The van der Waals surface area contributed by atoms with Crippen LogP contribution in [0.4, 0.5) is 5.69 Å². The number of para-hydroxylation sites is 2. The van der Waals surface area contributed by atoms with Crippen LogP contribution in [0.15, 0.2) is 82.8 Å². The van der Waals surface area contributed by atoms with Crippen molar-refractivity contribution in [2.24, 2.45) is 5.10 Å². The van der Waals surface area contributed by atoms with Crippen LogP contribution in [0, 0.1) is 0 Å². The molecule has 0 atom stereocenters. The Balaban J connectivity index is 1.50. The molecule has 0 fully saturated rings. The molecule has 0 saturated carbocycles. The van der Waals surface area contributed by atoms with Crippen molar-refractivity contribution in [3.05, 3.63) is 89.2 Å². The summed E-state index contributed by atoms with van der Waals surface area (Å²) in [6, 6.07) is 19.4. The first-order valence-electron chi connectivity index (χ1n) is 9.50. The van der Waals surface area contributed by atoms with Crippen LogP contribution in [0.5, 0.6) is 0 Å². The largest absolute Gasteiger partial charge is 0.337 e. The maximum Gasteiger partial charge on any atom is 0.271 e. The van der Waals surface area contributed by atoms with Gasteiger partial charge in [0.1, 0.15) is 5.71 Å². The summed E-state index contributed by atoms with van der Waals surface area (Å²) >= 11 is 5.83. The lowest BCUT2D eigenvalue weighted by Gasteiger charge is -2.09. The van der Waals surface area contributed by atoms with Crippen molar-refractivity contribution in [3.63, 3.8) is 0 Å². The van der Waals surface area contributed by atoms with Crippen LogP contribution in [0.25, 0.3) is 11.0 Å². The normalized spacial score (nSPS) is 12.0. The van der Waals surface area contributed by atoms with E-state index in [0.29, 0.717) is 22.2 Å². The number of nitrogens with zero attached hydrogens (tertiary/aromatic N) is 2. The Morgan fingerprint density at radius 1 is 1.03 bits per heavy atom. The molecule has 1 amide bonds. The zero-order chi connectivity index (χ0) is 22.7. The smallest absolute Gasteiger partial charge is 0.271 e. The van der Waals surface area contributed by atoms with Crippen LogP contribution in [0.2, 0.25) is 5.02 Å². The Bertz CT molecular complexity index is 1400. The maximum atomic E-state index is 12.7. The van der Waals surface area contributed by atoms with E-state index >= 15 is 0 Å². The lowest BCUT2D eigenvalue weighted by molar-refractivity contribution is 0.0954. The highest BCUT2D eigenvalue weighted by molar-refractivity contribution is 7.92. The van der Waals surface area contributed by atoms with E-state index in [1.54, 1.807) is 31.2 Å². The lowest BCUT2D eigenvalue weighted by atomic mass is 10.2. The number of anilines is 1. The molecule has 0 saturated heterocycles. The molecule has 0 bridgehead atoms. The third-order valence-electron chi connectivity index (χ3n) is 4.56. The number of carbonyl (C=O) groups is 1. The number of rotatable bonds is 6. The van der Waals surface area contributed by atoms with E-state index in [-0.39, 0.29) is 10.5 Å². The molecule has 10 heteroatoms. The fraction of sp³-hybridized carbons (Fsp3) is 0.0455. The van der Waals surface area contributed by atoms with Crippen LogP contribution in [0.3, 0.4) is 0 Å². The lowest BCUT2D eigenvalue weighted by Crippen LogP contribution is -2.20. The third-order valence-corrected chi connectivity index (χ3v) is 6.19. The van der Waals surface area contributed by atoms with E-state index in [1.165, 1.54) is 24.3 Å². The van der Waals surface area contributed by atoms with Gasteiger partial charge in [-0.1, -0.05) is 29.8 Å². The minimum atomic E-state index is -3.90. The second-order valence-corrected chi connectivity index (χ2v) is 9.00. The molecule has 8 nitrogen and oxygen atoms in total. The molecule has 3 N–H and O–H groups in total. The van der Waals surface area contributed by atoms with E-state index in [0.717, 1.165) is 11.0 Å². The first kappa shape index (κ1) is 21.5. The molecule has 1 aromatic heterocycles. The predicted molar refractivity (Wildman–Crippen MR) is 124 cm³/mol. The monoisotopic (exact) mass is 467 g/mol. The number of sulfonamides is 1. The summed E-state index contributed by atoms with van der Waals surface area (Å²) in [4.78, 5) is 20.0. The van der Waals surface area contributed by atoms with Crippen molar-refractivity contribution in [2.75, 3.05) is 4.72 Å². The number of amides is 1. The third kappa shape index (κ3) is 4.79. The van der Waals surface area contributed by atoms with E-state index in [9.17, 15) is 13.2 Å². The molecule has 0 aliphatic rings. The number of H-pyrrole nitrogens is 1. The van der Waals surface area contributed by atoms with E-state index < -0.39 is 15.9 Å². The Hall–Kier alpha value is -3.69. The molecule has 4 rings (SSSR count). The molecule has 1 heterocycles. The van der Waals surface area contributed by atoms with Crippen LogP contribution < -0.4 is 10.1 Å². The number of aromatic amines is 1. The molecule has 0 unspecified atom stereocenters. The highest BCUT2D eigenvalue weighted by atomic mass is 35.5. The average Bonchev–Trinajstić information content (AvgIpc) is 3.23. The minimum absolute atomic E-state index is 0.0573. The fourth-order valence-electron chi connectivity index (χ4n) is 2.91. The second kappa shape index (κ2) is 8.81. The second-order valence-electron chi connectivity index (χ2n) is 6.88. The van der Waals surface area contributed by atoms with Crippen molar-refractivity contribution in [1.29, 1.82) is 0 Å². The number of imidazole rings is 1. The molecular formula is C22H18ClN5O3S. The summed E-state index contributed by atoms with van der Waals surface area (Å²) in [6.45, 7) is 1.70. The molecular weight excluding hydrogens is 450 g/mol. The van der Waals surface area contributed by atoms with E-state index in [1.807, 2.05) is 24.3 Å². The molecule has 32 heavy (non-hydrogen) atoms. The summed E-state index contributed by atoms with van der Waals surface area (Å²) < 4.78 is 27.8. The summed E-state index contributed by atoms with van der Waals surface area (Å²) in [7, 11) is -3.90. The van der Waals surface area contributed by atoms with Gasteiger partial charge in [0.2, 0.25) is 0 Å². The predicted octanol–water partition coefficient (Wildman–Crippen LogP) is 4.17. The molecule has 4 aromatic rings. The van der Waals surface area contributed by atoms with Gasteiger partial charge in [0, 0.05) is 16.3 Å². The first-order chi connectivity index (χ1) is 15.3. The molecule has 0 spiro atoms. The summed E-state index contributed by atoms with van der Waals surface area (Å²) in [5.74, 6) is -0.0287. The molecule has 0 radical (unpaired) electrons. The number of aromatic nitrogens is 2. The van der Waals surface area contributed by atoms with Gasteiger partial charge >= 0.3 is 0 Å². The number of hydrazone groups is 1. The summed E-state index contributed by atoms with van der Waals surface area (Å²) in [6.07, 6.45) is 0. The standard InChI is InChI=1S/C22H18ClN5O3S/c1-14(21-24-19-7-2-3-8-20(19)25-21)26-27-22(29)15-5-4-6-18(13-15)32(30,31)28-17-11-9-16(23)10-12-17/h2-13,28H,1H3,(H,24,25)(H,27,29)/b26-14+. The Morgan fingerprint density at radius 3 is 2.53 bits per heavy atom. The molecule has 0 aliphatic heterocycles. The van der Waals surface area contributed by atoms with Gasteiger partial charge in [-0.25, -0.2) is 18.8 Å². The zero-order valence-corrected chi connectivity index (χ0v) is 18.4. The van der Waals surface area contributed by atoms with Crippen LogP contribution in [-0.2, 0) is 10.0 Å². The zero-order valence-electron chi connectivity index (χ0n) is 16.8. The maximum absolute atomic E-state index is 12.7. The van der Waals surface area contributed by atoms with Crippen LogP contribution in [0.1, 0.15) is 23.1 Å². The highest BCUT2D eigenvalue weighted by Gasteiger charge is 2.17. The number of hydrogen-bond acceptors (Lipinski definition) is 5. The topological polar surface area (TPSA) is 116 Å². The summed E-state index contributed by atoms with van der Waals surface area (Å²) in [5, 5.41) is 4.57. The van der Waals surface area contributed by atoms with Crippen molar-refractivity contribution in [1.82, 2.24) is 15.4 Å². The SMILES string of the molecule is C/C(=N\NC(=O)c1cccc(S(=O)(=O)Nc2ccc(Cl)cc2)c1)c1nc2ccccc2[nH]1. The van der Waals surface area contributed by atoms with Crippen molar-refractivity contribution < 1.29 is 13.2 Å². The van der Waals surface area contributed by atoms with E-state index in [4.69, 9.17) is 11.6 Å². The number of fused-ring (bicyclic) bond motifs is 1. The fourth-order valence-corrected chi connectivity index (χ4v) is 4.14. The van der Waals surface area contributed by atoms with Gasteiger partial charge in [-0.2, -0.15) is 5.10 Å². The van der Waals surface area contributed by atoms with Crippen LogP contribution >= 0.6 is 11.6 Å². The van der Waals surface area contributed by atoms with Crippen molar-refractivity contribution in [3.8, 4) is 0 Å². The molecule has 162 valence electrons. The number of halogens is 1. The summed E-state index contributed by atoms with van der Waals surface area (Å²) in [5.41, 5.74) is 5.05. The van der Waals surface area contributed by atoms with Crippen molar-refractivity contribution in [2.45, 2.75) is 11.8 Å². The quantitative estimate of drug-likeness (QED) is 0.291. The van der Waals surface area contributed by atoms with Gasteiger partial charge in [0.15, 0.2) is 5.82 Å². The molecule has 3 aromatic carbocycles. The number of hydrogen-bond donors (Lipinski definition) is 3. The van der Waals surface area contributed by atoms with Gasteiger partial charge in [-0.15, -0.1) is 0 Å². The average molecular weight is 468 g/mol. The van der Waals surface area contributed by atoms with Gasteiger partial charge in [0.25, 0.3) is 15.9 Å². The Kier molecular flexibility index (Phi) is 5.93. The number of nitrogens with one attached hydrogen (secondary N) is 3. The van der Waals surface area contributed by atoms with Gasteiger partial charge in [0.05, 0.1) is 15.9 Å². The minimum Gasteiger partial charge on any atom is -0.337 e. The first-order valence-corrected chi connectivity index (χ1v) is 11.4. The van der Waals surface area contributed by atoms with E-state index in [2.05, 4.69) is 25.2 Å².